The van der Waals surface area contributed by atoms with E-state index in [1.807, 2.05) is 19.1 Å². The predicted octanol–water partition coefficient (Wildman–Crippen LogP) is 2.84. The van der Waals surface area contributed by atoms with Crippen LogP contribution >= 0.6 is 22.9 Å². The van der Waals surface area contributed by atoms with E-state index >= 15 is 0 Å². The first-order valence-corrected chi connectivity index (χ1v) is 6.46. The molecule has 16 heavy (non-hydrogen) atoms. The highest BCUT2D eigenvalue weighted by atomic mass is 35.5. The minimum atomic E-state index is -0.0747. The zero-order valence-electron chi connectivity index (χ0n) is 9.61. The van der Waals surface area contributed by atoms with Crippen molar-refractivity contribution in [3.63, 3.8) is 0 Å². The zero-order valence-corrected chi connectivity index (χ0v) is 11.2. The third-order valence-corrected chi connectivity index (χ3v) is 3.43. The smallest absolute Gasteiger partial charge is 0.106 e. The molecule has 1 aromatic rings. The molecular weight excluding hydrogens is 246 g/mol. The normalized spacial score (nSPS) is 15.0. The molecule has 1 heterocycles. The van der Waals surface area contributed by atoms with Crippen molar-refractivity contribution in [2.45, 2.75) is 25.5 Å². The second kappa shape index (κ2) is 7.25. The summed E-state index contributed by atoms with van der Waals surface area (Å²) in [6.07, 6.45) is 0.799. The molecule has 0 spiro atoms. The highest BCUT2D eigenvalue weighted by molar-refractivity contribution is 7.16. The molecule has 0 saturated carbocycles. The quantitative estimate of drug-likeness (QED) is 0.770. The summed E-state index contributed by atoms with van der Waals surface area (Å²) in [6.45, 7) is 3.29. The minimum absolute atomic E-state index is 0.0442. The highest BCUT2D eigenvalue weighted by Gasteiger charge is 2.18. The number of hydrogen-bond acceptors (Lipinski definition) is 4. The van der Waals surface area contributed by atoms with Crippen LogP contribution in [-0.2, 0) is 9.47 Å². The van der Waals surface area contributed by atoms with E-state index in [0.29, 0.717) is 13.2 Å². The lowest BCUT2D eigenvalue weighted by Gasteiger charge is -2.20. The summed E-state index contributed by atoms with van der Waals surface area (Å²) in [6, 6.07) is 3.80. The molecule has 1 aromatic heterocycles. The maximum atomic E-state index is 5.90. The van der Waals surface area contributed by atoms with Crippen LogP contribution in [0.2, 0.25) is 4.34 Å². The predicted molar refractivity (Wildman–Crippen MR) is 68.2 cm³/mol. The van der Waals surface area contributed by atoms with Crippen molar-refractivity contribution < 1.29 is 9.47 Å². The summed E-state index contributed by atoms with van der Waals surface area (Å²) in [7, 11) is 1.68. The van der Waals surface area contributed by atoms with Gasteiger partial charge in [-0.3, -0.25) is 0 Å². The number of halogens is 1. The van der Waals surface area contributed by atoms with Gasteiger partial charge in [0.25, 0.3) is 0 Å². The van der Waals surface area contributed by atoms with Gasteiger partial charge in [-0.25, -0.2) is 0 Å². The molecule has 2 unspecified atom stereocenters. The molecule has 3 nitrogen and oxygen atoms in total. The molecule has 0 aliphatic rings. The van der Waals surface area contributed by atoms with Gasteiger partial charge in [0.05, 0.1) is 4.34 Å². The Hall–Kier alpha value is -0.130. The first-order valence-electron chi connectivity index (χ1n) is 5.26. The molecule has 92 valence electrons. The SMILES string of the molecule is COCCCOC(c1ccc(Cl)s1)C(C)N. The number of ether oxygens (including phenoxy) is 2. The van der Waals surface area contributed by atoms with Crippen LogP contribution in [0.4, 0.5) is 0 Å². The maximum Gasteiger partial charge on any atom is 0.106 e. The van der Waals surface area contributed by atoms with Gasteiger partial charge < -0.3 is 15.2 Å². The average molecular weight is 264 g/mol. The molecule has 0 amide bonds. The van der Waals surface area contributed by atoms with E-state index in [1.165, 1.54) is 11.3 Å². The molecule has 0 aliphatic carbocycles. The fraction of sp³-hybridized carbons (Fsp3) is 0.636. The van der Waals surface area contributed by atoms with Gasteiger partial charge in [0.15, 0.2) is 0 Å². The van der Waals surface area contributed by atoms with Gasteiger partial charge in [-0.15, -0.1) is 11.3 Å². The fourth-order valence-electron chi connectivity index (χ4n) is 1.39. The van der Waals surface area contributed by atoms with E-state index < -0.39 is 0 Å². The maximum absolute atomic E-state index is 5.90. The zero-order chi connectivity index (χ0) is 12.0. The van der Waals surface area contributed by atoms with Gasteiger partial charge in [0, 0.05) is 31.2 Å². The van der Waals surface area contributed by atoms with Crippen molar-refractivity contribution in [1.29, 1.82) is 0 Å². The molecule has 0 fully saturated rings. The van der Waals surface area contributed by atoms with Crippen molar-refractivity contribution in [1.82, 2.24) is 0 Å². The lowest BCUT2D eigenvalue weighted by molar-refractivity contribution is 0.0285. The molecule has 1 rings (SSSR count). The Morgan fingerprint density at radius 3 is 2.69 bits per heavy atom. The van der Waals surface area contributed by atoms with Crippen molar-refractivity contribution in [2.75, 3.05) is 20.3 Å². The number of nitrogens with two attached hydrogens (primary N) is 1. The lowest BCUT2D eigenvalue weighted by Crippen LogP contribution is -2.26. The molecule has 5 heteroatoms. The van der Waals surface area contributed by atoms with Crippen LogP contribution < -0.4 is 5.73 Å². The molecule has 2 N–H and O–H groups in total. The van der Waals surface area contributed by atoms with E-state index in [0.717, 1.165) is 15.6 Å². The standard InChI is InChI=1S/C11H18ClNO2S/c1-8(13)11(15-7-3-6-14-2)9-4-5-10(12)16-9/h4-5,8,11H,3,6-7,13H2,1-2H3. The molecule has 0 aliphatic heterocycles. The highest BCUT2D eigenvalue weighted by Crippen LogP contribution is 2.30. The molecule has 0 bridgehead atoms. The molecule has 0 radical (unpaired) electrons. The molecular formula is C11H18ClNO2S. The molecule has 2 atom stereocenters. The summed E-state index contributed by atoms with van der Waals surface area (Å²) >= 11 is 7.41. The molecule has 0 aromatic carbocycles. The van der Waals surface area contributed by atoms with Crippen molar-refractivity contribution >= 4 is 22.9 Å². The Labute approximate surface area is 105 Å². The summed E-state index contributed by atoms with van der Waals surface area (Å²) in [5.41, 5.74) is 5.90. The van der Waals surface area contributed by atoms with Crippen LogP contribution in [0, 0.1) is 0 Å². The van der Waals surface area contributed by atoms with Crippen LogP contribution in [0.3, 0.4) is 0 Å². The second-order valence-electron chi connectivity index (χ2n) is 3.64. The number of hydrogen-bond donors (Lipinski definition) is 1. The van der Waals surface area contributed by atoms with Crippen LogP contribution in [-0.4, -0.2) is 26.4 Å². The largest absolute Gasteiger partial charge is 0.385 e. The Kier molecular flexibility index (Phi) is 6.31. The second-order valence-corrected chi connectivity index (χ2v) is 5.39. The summed E-state index contributed by atoms with van der Waals surface area (Å²) in [5.74, 6) is 0. The first-order chi connectivity index (χ1) is 7.65. The van der Waals surface area contributed by atoms with Gasteiger partial charge in [-0.1, -0.05) is 11.6 Å². The van der Waals surface area contributed by atoms with Crippen LogP contribution in [0.1, 0.15) is 24.3 Å². The lowest BCUT2D eigenvalue weighted by atomic mass is 10.1. The number of methoxy groups -OCH3 is 1. The van der Waals surface area contributed by atoms with Crippen LogP contribution in [0.25, 0.3) is 0 Å². The number of rotatable bonds is 7. The Balaban J connectivity index is 2.48. The van der Waals surface area contributed by atoms with E-state index in [4.69, 9.17) is 26.8 Å². The van der Waals surface area contributed by atoms with E-state index in [9.17, 15) is 0 Å². The minimum Gasteiger partial charge on any atom is -0.385 e. The van der Waals surface area contributed by atoms with Crippen LogP contribution in [0.5, 0.6) is 0 Å². The van der Waals surface area contributed by atoms with Crippen molar-refractivity contribution in [2.24, 2.45) is 5.73 Å². The fourth-order valence-corrected chi connectivity index (χ4v) is 2.61. The Bertz CT molecular complexity index is 304. The van der Waals surface area contributed by atoms with Crippen molar-refractivity contribution in [3.8, 4) is 0 Å². The van der Waals surface area contributed by atoms with E-state index in [2.05, 4.69) is 0 Å². The van der Waals surface area contributed by atoms with Gasteiger partial charge in [0.2, 0.25) is 0 Å². The monoisotopic (exact) mass is 263 g/mol. The third kappa shape index (κ3) is 4.39. The topological polar surface area (TPSA) is 44.5 Å². The summed E-state index contributed by atoms with van der Waals surface area (Å²) in [4.78, 5) is 1.08. The first kappa shape index (κ1) is 13.9. The third-order valence-electron chi connectivity index (χ3n) is 2.14. The van der Waals surface area contributed by atoms with Gasteiger partial charge in [0.1, 0.15) is 6.10 Å². The number of thiophene rings is 1. The van der Waals surface area contributed by atoms with Crippen LogP contribution in [0.15, 0.2) is 12.1 Å². The van der Waals surface area contributed by atoms with Crippen molar-refractivity contribution in [3.05, 3.63) is 21.3 Å². The average Bonchev–Trinajstić information content (AvgIpc) is 2.64. The Morgan fingerprint density at radius 1 is 1.44 bits per heavy atom. The Morgan fingerprint density at radius 2 is 2.19 bits per heavy atom. The summed E-state index contributed by atoms with van der Waals surface area (Å²) in [5, 5.41) is 0. The van der Waals surface area contributed by atoms with Gasteiger partial charge >= 0.3 is 0 Å². The van der Waals surface area contributed by atoms with Gasteiger partial charge in [-0.2, -0.15) is 0 Å². The van der Waals surface area contributed by atoms with Gasteiger partial charge in [-0.05, 0) is 25.5 Å². The summed E-state index contributed by atoms with van der Waals surface area (Å²) < 4.78 is 11.5. The molecule has 0 saturated heterocycles. The van der Waals surface area contributed by atoms with E-state index in [1.54, 1.807) is 7.11 Å². The van der Waals surface area contributed by atoms with E-state index in [-0.39, 0.29) is 12.1 Å².